The lowest BCUT2D eigenvalue weighted by Crippen LogP contribution is -2.60. The molecule has 1 saturated carbocycles. The molecule has 0 atom stereocenters. The van der Waals surface area contributed by atoms with Crippen molar-refractivity contribution in [2.75, 3.05) is 20.1 Å². The van der Waals surface area contributed by atoms with Crippen LogP contribution in [0.2, 0.25) is 0 Å². The number of likely N-dealkylation sites (tertiary alicyclic amines) is 1. The number of hydrogen-bond acceptors (Lipinski definition) is 3. The van der Waals surface area contributed by atoms with Crippen LogP contribution in [0.5, 0.6) is 0 Å². The zero-order valence-corrected chi connectivity index (χ0v) is 19.0. The molecule has 0 radical (unpaired) electrons. The number of nitrogens with zero attached hydrogens (tertiary/aromatic N) is 1. The van der Waals surface area contributed by atoms with Gasteiger partial charge >= 0.3 is 12.4 Å². The molecule has 1 aliphatic carbocycles. The van der Waals surface area contributed by atoms with Crippen LogP contribution in [0.1, 0.15) is 56.2 Å². The van der Waals surface area contributed by atoms with E-state index >= 15 is 0 Å². The number of rotatable bonds is 6. The molecule has 0 bridgehead atoms. The van der Waals surface area contributed by atoms with Crippen molar-refractivity contribution in [1.29, 1.82) is 0 Å². The van der Waals surface area contributed by atoms with Gasteiger partial charge in [0.05, 0.1) is 16.5 Å². The normalized spacial score (nSPS) is 25.2. The van der Waals surface area contributed by atoms with Crippen molar-refractivity contribution in [1.82, 2.24) is 15.5 Å². The lowest BCUT2D eigenvalue weighted by Gasteiger charge is -2.51. The van der Waals surface area contributed by atoms with Gasteiger partial charge in [-0.25, -0.2) is 0 Å². The van der Waals surface area contributed by atoms with E-state index < -0.39 is 35.4 Å². The van der Waals surface area contributed by atoms with Crippen molar-refractivity contribution in [3.63, 3.8) is 0 Å². The van der Waals surface area contributed by atoms with Crippen molar-refractivity contribution in [3.8, 4) is 0 Å². The molecule has 2 aliphatic rings. The maximum absolute atomic E-state index is 13.1. The fraction of sp³-hybridized carbons (Fsp3) is 0.696. The Morgan fingerprint density at radius 3 is 1.97 bits per heavy atom. The minimum Gasteiger partial charge on any atom is -0.352 e. The topological polar surface area (TPSA) is 44.4 Å². The number of amides is 1. The van der Waals surface area contributed by atoms with E-state index in [-0.39, 0.29) is 29.5 Å². The summed E-state index contributed by atoms with van der Waals surface area (Å²) in [5, 5.41) is 6.21. The van der Waals surface area contributed by atoms with Gasteiger partial charge in [-0.3, -0.25) is 4.79 Å². The molecule has 1 aliphatic heterocycles. The summed E-state index contributed by atoms with van der Waals surface area (Å²) in [6.45, 7) is 5.45. The first kappa shape index (κ1) is 25.8. The Labute approximate surface area is 190 Å². The SMILES string of the molecule is CC(C)C1(C(=O)NCc2cc(C(F)(F)F)cc(C(F)(F)F)c2)CC(NC2CCN(C)CC2)C1. The zero-order chi connectivity index (χ0) is 24.6. The maximum atomic E-state index is 13.1. The van der Waals surface area contributed by atoms with Crippen LogP contribution in [0, 0.1) is 11.3 Å². The van der Waals surface area contributed by atoms with E-state index in [0.717, 1.165) is 25.9 Å². The highest BCUT2D eigenvalue weighted by Crippen LogP contribution is 2.48. The van der Waals surface area contributed by atoms with Gasteiger partial charge in [0.1, 0.15) is 0 Å². The van der Waals surface area contributed by atoms with E-state index in [0.29, 0.717) is 31.0 Å². The van der Waals surface area contributed by atoms with E-state index in [1.54, 1.807) is 0 Å². The Kier molecular flexibility index (Phi) is 7.39. The molecule has 10 heteroatoms. The fourth-order valence-electron chi connectivity index (χ4n) is 4.84. The molecule has 1 aromatic rings. The van der Waals surface area contributed by atoms with Gasteiger partial charge in [0.25, 0.3) is 0 Å². The molecule has 2 fully saturated rings. The molecule has 4 nitrogen and oxygen atoms in total. The maximum Gasteiger partial charge on any atom is 0.416 e. The number of carbonyl (C=O) groups excluding carboxylic acids is 1. The van der Waals surface area contributed by atoms with Crippen LogP contribution >= 0.6 is 0 Å². The van der Waals surface area contributed by atoms with Crippen LogP contribution in [-0.2, 0) is 23.7 Å². The van der Waals surface area contributed by atoms with Crippen LogP contribution in [0.15, 0.2) is 18.2 Å². The van der Waals surface area contributed by atoms with Gasteiger partial charge < -0.3 is 15.5 Å². The molecule has 1 heterocycles. The molecule has 3 rings (SSSR count). The molecule has 0 aromatic heterocycles. The molecule has 0 spiro atoms. The highest BCUT2D eigenvalue weighted by atomic mass is 19.4. The molecule has 1 saturated heterocycles. The predicted octanol–water partition coefficient (Wildman–Crippen LogP) is 4.83. The summed E-state index contributed by atoms with van der Waals surface area (Å²) in [5.41, 5.74) is -3.68. The Bertz CT molecular complexity index is 805. The average Bonchev–Trinajstić information content (AvgIpc) is 2.68. The highest BCUT2D eigenvalue weighted by Gasteiger charge is 2.52. The average molecular weight is 480 g/mol. The molecule has 2 N–H and O–H groups in total. The third kappa shape index (κ3) is 6.01. The minimum absolute atomic E-state index is 0.0136. The van der Waals surface area contributed by atoms with Crippen LogP contribution in [0.4, 0.5) is 26.3 Å². The van der Waals surface area contributed by atoms with Gasteiger partial charge in [-0.2, -0.15) is 26.3 Å². The number of halogens is 6. The number of alkyl halides is 6. The number of hydrogen-bond donors (Lipinski definition) is 2. The largest absolute Gasteiger partial charge is 0.416 e. The van der Waals surface area contributed by atoms with Gasteiger partial charge in [0.15, 0.2) is 0 Å². The van der Waals surface area contributed by atoms with E-state index in [2.05, 4.69) is 22.6 Å². The smallest absolute Gasteiger partial charge is 0.352 e. The van der Waals surface area contributed by atoms with Crippen LogP contribution in [0.25, 0.3) is 0 Å². The van der Waals surface area contributed by atoms with Crippen molar-refractivity contribution in [3.05, 3.63) is 34.9 Å². The van der Waals surface area contributed by atoms with Gasteiger partial charge in [0.2, 0.25) is 5.91 Å². The van der Waals surface area contributed by atoms with E-state index in [1.165, 1.54) is 0 Å². The first-order valence-corrected chi connectivity index (χ1v) is 11.2. The second-order valence-electron chi connectivity index (χ2n) is 9.76. The van der Waals surface area contributed by atoms with Crippen molar-refractivity contribution < 1.29 is 31.1 Å². The monoisotopic (exact) mass is 479 g/mol. The second kappa shape index (κ2) is 9.44. The van der Waals surface area contributed by atoms with Crippen LogP contribution in [0.3, 0.4) is 0 Å². The molecule has 1 aromatic carbocycles. The first-order valence-electron chi connectivity index (χ1n) is 11.2. The van der Waals surface area contributed by atoms with Gasteiger partial charge in [0, 0.05) is 18.6 Å². The van der Waals surface area contributed by atoms with Gasteiger partial charge in [-0.1, -0.05) is 13.8 Å². The van der Waals surface area contributed by atoms with E-state index in [4.69, 9.17) is 0 Å². The van der Waals surface area contributed by atoms with Crippen LogP contribution in [-0.4, -0.2) is 43.0 Å². The Balaban J connectivity index is 1.65. The quantitative estimate of drug-likeness (QED) is 0.575. The summed E-state index contributed by atoms with van der Waals surface area (Å²) in [7, 11) is 2.08. The standard InChI is InChI=1S/C23H31F6N3O/c1-14(2)21(11-19(12-21)31-18-4-6-32(3)7-5-18)20(33)30-13-15-8-16(22(24,25)26)10-17(9-15)23(27,28)29/h8-10,14,18-19,31H,4-7,11-13H2,1-3H3,(H,30,33). The van der Waals surface area contributed by atoms with Crippen molar-refractivity contribution in [2.45, 2.75) is 70.5 Å². The first-order chi connectivity index (χ1) is 15.2. The summed E-state index contributed by atoms with van der Waals surface area (Å²) in [5.74, 6) is -0.342. The summed E-state index contributed by atoms with van der Waals surface area (Å²) in [4.78, 5) is 15.3. The van der Waals surface area contributed by atoms with Crippen LogP contribution < -0.4 is 10.6 Å². The number of nitrogens with one attached hydrogen (secondary N) is 2. The highest BCUT2D eigenvalue weighted by molar-refractivity contribution is 5.84. The number of piperidine rings is 1. The van der Waals surface area contributed by atoms with E-state index in [1.807, 2.05) is 13.8 Å². The summed E-state index contributed by atoms with van der Waals surface area (Å²) in [6, 6.07) is 1.97. The Morgan fingerprint density at radius 1 is 1.00 bits per heavy atom. The Morgan fingerprint density at radius 2 is 1.52 bits per heavy atom. The molecule has 0 unspecified atom stereocenters. The minimum atomic E-state index is -4.92. The summed E-state index contributed by atoms with van der Waals surface area (Å²) in [6.07, 6.45) is -6.58. The lowest BCUT2D eigenvalue weighted by molar-refractivity contribution is -0.143. The van der Waals surface area contributed by atoms with Crippen molar-refractivity contribution in [2.24, 2.45) is 11.3 Å². The number of benzene rings is 1. The molecule has 1 amide bonds. The third-order valence-electron chi connectivity index (χ3n) is 7.07. The summed E-state index contributed by atoms with van der Waals surface area (Å²) >= 11 is 0. The van der Waals surface area contributed by atoms with E-state index in [9.17, 15) is 31.1 Å². The Hall–Kier alpha value is -1.81. The third-order valence-corrected chi connectivity index (χ3v) is 7.07. The molecule has 186 valence electrons. The van der Waals surface area contributed by atoms with Crippen molar-refractivity contribution >= 4 is 5.91 Å². The summed E-state index contributed by atoms with van der Waals surface area (Å²) < 4.78 is 78.5. The molecular weight excluding hydrogens is 448 g/mol. The molecule has 33 heavy (non-hydrogen) atoms. The van der Waals surface area contributed by atoms with Gasteiger partial charge in [-0.15, -0.1) is 0 Å². The predicted molar refractivity (Wildman–Crippen MR) is 112 cm³/mol. The molecular formula is C23H31F6N3O. The number of carbonyl (C=O) groups is 1. The second-order valence-corrected chi connectivity index (χ2v) is 9.76. The fourth-order valence-corrected chi connectivity index (χ4v) is 4.84. The lowest BCUT2D eigenvalue weighted by atomic mass is 9.58. The van der Waals surface area contributed by atoms with Gasteiger partial charge in [-0.05, 0) is 75.5 Å². The zero-order valence-electron chi connectivity index (χ0n) is 19.0.